The zero-order valence-electron chi connectivity index (χ0n) is 15.9. The molecule has 27 heavy (non-hydrogen) atoms. The summed E-state index contributed by atoms with van der Waals surface area (Å²) < 4.78 is 11.0. The van der Waals surface area contributed by atoms with Gasteiger partial charge in [-0.1, -0.05) is 11.6 Å². The Morgan fingerprint density at radius 3 is 3.00 bits per heavy atom. The third-order valence-corrected chi connectivity index (χ3v) is 5.50. The van der Waals surface area contributed by atoms with Crippen molar-refractivity contribution in [2.24, 2.45) is 5.92 Å². The number of carbonyl (C=O) groups excluding carboxylic acids is 2. The van der Waals surface area contributed by atoms with Crippen LogP contribution in [0.5, 0.6) is 5.75 Å². The molecule has 2 fully saturated rings. The quantitative estimate of drug-likeness (QED) is 0.771. The molecule has 2 heterocycles. The Morgan fingerprint density at radius 1 is 1.48 bits per heavy atom. The lowest BCUT2D eigenvalue weighted by Gasteiger charge is -2.21. The average molecular weight is 395 g/mol. The number of nitrogens with zero attached hydrogens (tertiary/aromatic N) is 1. The van der Waals surface area contributed by atoms with Crippen molar-refractivity contribution in [3.63, 3.8) is 0 Å². The van der Waals surface area contributed by atoms with Crippen LogP contribution in [0.2, 0.25) is 5.02 Å². The topological polar surface area (TPSA) is 67.9 Å². The summed E-state index contributed by atoms with van der Waals surface area (Å²) in [5, 5.41) is 3.57. The zero-order chi connectivity index (χ0) is 19.4. The maximum absolute atomic E-state index is 12.6. The fourth-order valence-electron chi connectivity index (χ4n) is 3.73. The number of anilines is 1. The number of nitrogens with one attached hydrogen (secondary N) is 1. The van der Waals surface area contributed by atoms with E-state index in [4.69, 9.17) is 21.1 Å². The maximum Gasteiger partial charge on any atom is 0.227 e. The number of amides is 2. The lowest BCUT2D eigenvalue weighted by atomic mass is 10.0. The first-order valence-electron chi connectivity index (χ1n) is 9.53. The van der Waals surface area contributed by atoms with E-state index in [2.05, 4.69) is 5.32 Å². The molecule has 3 unspecified atom stereocenters. The highest BCUT2D eigenvalue weighted by Gasteiger charge is 2.36. The van der Waals surface area contributed by atoms with Gasteiger partial charge in [0.15, 0.2) is 0 Å². The number of halogens is 1. The highest BCUT2D eigenvalue weighted by molar-refractivity contribution is 6.31. The molecule has 2 saturated heterocycles. The first-order chi connectivity index (χ1) is 13.0. The van der Waals surface area contributed by atoms with Gasteiger partial charge in [-0.25, -0.2) is 0 Å². The van der Waals surface area contributed by atoms with Crippen molar-refractivity contribution in [1.29, 1.82) is 0 Å². The largest absolute Gasteiger partial charge is 0.495 e. The summed E-state index contributed by atoms with van der Waals surface area (Å²) >= 11 is 6.07. The molecular formula is C20H27ClN2O4. The van der Waals surface area contributed by atoms with E-state index < -0.39 is 0 Å². The molecule has 0 radical (unpaired) electrons. The lowest BCUT2D eigenvalue weighted by Crippen LogP contribution is -2.38. The fraction of sp³-hybridized carbons (Fsp3) is 0.600. The van der Waals surface area contributed by atoms with E-state index in [1.165, 1.54) is 0 Å². The van der Waals surface area contributed by atoms with Crippen molar-refractivity contribution in [2.75, 3.05) is 25.2 Å². The number of benzene rings is 1. The van der Waals surface area contributed by atoms with Gasteiger partial charge in [-0.2, -0.15) is 0 Å². The molecule has 7 heteroatoms. The Bertz CT molecular complexity index is 691. The third-order valence-electron chi connectivity index (χ3n) is 5.26. The summed E-state index contributed by atoms with van der Waals surface area (Å²) in [5.41, 5.74) is 0.608. The van der Waals surface area contributed by atoms with Crippen LogP contribution in [0.1, 0.15) is 39.0 Å². The monoisotopic (exact) mass is 394 g/mol. The van der Waals surface area contributed by atoms with Crippen molar-refractivity contribution in [3.8, 4) is 5.75 Å². The second-order valence-corrected chi connectivity index (χ2v) is 7.78. The number of rotatable bonds is 7. The van der Waals surface area contributed by atoms with Gasteiger partial charge in [0, 0.05) is 30.6 Å². The minimum absolute atomic E-state index is 0.0616. The Kier molecular flexibility index (Phi) is 6.60. The average Bonchev–Trinajstić information content (AvgIpc) is 3.29. The molecule has 2 aliphatic heterocycles. The van der Waals surface area contributed by atoms with Crippen molar-refractivity contribution in [2.45, 2.75) is 51.2 Å². The Hall–Kier alpha value is -1.79. The summed E-state index contributed by atoms with van der Waals surface area (Å²) in [6, 6.07) is 5.20. The molecule has 0 aromatic heterocycles. The predicted molar refractivity (Wildman–Crippen MR) is 104 cm³/mol. The molecule has 3 atom stereocenters. The minimum atomic E-state index is -0.369. The summed E-state index contributed by atoms with van der Waals surface area (Å²) in [5.74, 6) is 0.0273. The molecular weight excluding hydrogens is 368 g/mol. The van der Waals surface area contributed by atoms with Crippen molar-refractivity contribution >= 4 is 29.1 Å². The number of hydrogen-bond acceptors (Lipinski definition) is 4. The van der Waals surface area contributed by atoms with Crippen LogP contribution >= 0.6 is 11.6 Å². The number of hydrogen-bond donors (Lipinski definition) is 1. The van der Waals surface area contributed by atoms with Gasteiger partial charge in [-0.3, -0.25) is 9.59 Å². The Labute approximate surface area is 165 Å². The van der Waals surface area contributed by atoms with Crippen LogP contribution in [0.3, 0.4) is 0 Å². The van der Waals surface area contributed by atoms with E-state index in [1.54, 1.807) is 30.2 Å². The summed E-state index contributed by atoms with van der Waals surface area (Å²) in [7, 11) is 1.55. The van der Waals surface area contributed by atoms with Crippen LogP contribution in [-0.2, 0) is 14.3 Å². The second kappa shape index (κ2) is 8.93. The zero-order valence-corrected chi connectivity index (χ0v) is 16.6. The molecule has 3 rings (SSSR count). The number of ether oxygens (including phenoxy) is 2. The molecule has 148 valence electrons. The number of methoxy groups -OCH3 is 1. The van der Waals surface area contributed by atoms with Crippen LogP contribution in [0.15, 0.2) is 18.2 Å². The van der Waals surface area contributed by atoms with Gasteiger partial charge in [0.2, 0.25) is 11.8 Å². The van der Waals surface area contributed by atoms with Crippen molar-refractivity contribution < 1.29 is 19.1 Å². The fourth-order valence-corrected chi connectivity index (χ4v) is 3.90. The molecule has 6 nitrogen and oxygen atoms in total. The summed E-state index contributed by atoms with van der Waals surface area (Å²) in [4.78, 5) is 26.7. The highest BCUT2D eigenvalue weighted by Crippen LogP contribution is 2.35. The SMILES string of the molecule is COc1ccc(Cl)cc1N1CC(C(=O)NC(C)CCC2CCCO2)CC1=O. The molecule has 2 aliphatic rings. The summed E-state index contributed by atoms with van der Waals surface area (Å²) in [6.45, 7) is 3.18. The van der Waals surface area contributed by atoms with E-state index in [-0.39, 0.29) is 30.2 Å². The molecule has 1 aromatic carbocycles. The lowest BCUT2D eigenvalue weighted by molar-refractivity contribution is -0.126. The Balaban J connectivity index is 1.56. The van der Waals surface area contributed by atoms with Gasteiger partial charge in [0.1, 0.15) is 5.75 Å². The highest BCUT2D eigenvalue weighted by atomic mass is 35.5. The van der Waals surface area contributed by atoms with Crippen molar-refractivity contribution in [1.82, 2.24) is 5.32 Å². The summed E-state index contributed by atoms with van der Waals surface area (Å²) in [6.07, 6.45) is 4.58. The van der Waals surface area contributed by atoms with E-state index in [0.29, 0.717) is 29.1 Å². The van der Waals surface area contributed by atoms with Gasteiger partial charge >= 0.3 is 0 Å². The minimum Gasteiger partial charge on any atom is -0.495 e. The van der Waals surface area contributed by atoms with E-state index in [9.17, 15) is 9.59 Å². The van der Waals surface area contributed by atoms with Crippen LogP contribution in [0.25, 0.3) is 0 Å². The van der Waals surface area contributed by atoms with Gasteiger partial charge in [-0.15, -0.1) is 0 Å². The second-order valence-electron chi connectivity index (χ2n) is 7.34. The van der Waals surface area contributed by atoms with E-state index in [1.807, 2.05) is 6.92 Å². The molecule has 0 spiro atoms. The van der Waals surface area contributed by atoms with Crippen LogP contribution < -0.4 is 15.0 Å². The van der Waals surface area contributed by atoms with Gasteiger partial charge < -0.3 is 19.7 Å². The molecule has 0 bridgehead atoms. The maximum atomic E-state index is 12.6. The van der Waals surface area contributed by atoms with Crippen molar-refractivity contribution in [3.05, 3.63) is 23.2 Å². The van der Waals surface area contributed by atoms with E-state index in [0.717, 1.165) is 32.3 Å². The van der Waals surface area contributed by atoms with Gasteiger partial charge in [0.05, 0.1) is 24.8 Å². The molecule has 0 saturated carbocycles. The van der Waals surface area contributed by atoms with Gasteiger partial charge in [-0.05, 0) is 50.8 Å². The van der Waals surface area contributed by atoms with Gasteiger partial charge in [0.25, 0.3) is 0 Å². The normalized spacial score (nSPS) is 23.5. The standard InChI is InChI=1S/C20H27ClN2O4/c1-13(5-7-16-4-3-9-27-16)22-20(25)14-10-19(24)23(12-14)17-11-15(21)6-8-18(17)26-2/h6,8,11,13-14,16H,3-5,7,9-10,12H2,1-2H3,(H,22,25). The molecule has 1 aromatic rings. The molecule has 1 N–H and O–H groups in total. The number of carbonyl (C=O) groups is 2. The predicted octanol–water partition coefficient (Wildman–Crippen LogP) is 3.17. The first-order valence-corrected chi connectivity index (χ1v) is 9.91. The third kappa shape index (κ3) is 4.93. The smallest absolute Gasteiger partial charge is 0.227 e. The Morgan fingerprint density at radius 2 is 2.30 bits per heavy atom. The van der Waals surface area contributed by atoms with Crippen LogP contribution in [0, 0.1) is 5.92 Å². The molecule has 2 amide bonds. The van der Waals surface area contributed by atoms with Crippen LogP contribution in [-0.4, -0.2) is 44.2 Å². The molecule has 0 aliphatic carbocycles. The first kappa shape index (κ1) is 20.0. The van der Waals surface area contributed by atoms with Crippen LogP contribution in [0.4, 0.5) is 5.69 Å². The van der Waals surface area contributed by atoms with E-state index >= 15 is 0 Å².